The average molecular weight is 399 g/mol. The molecule has 0 heterocycles. The fourth-order valence-electron chi connectivity index (χ4n) is 2.96. The summed E-state index contributed by atoms with van der Waals surface area (Å²) in [5.74, 6) is 2.38. The van der Waals surface area contributed by atoms with Gasteiger partial charge in [0.15, 0.2) is 0 Å². The van der Waals surface area contributed by atoms with Gasteiger partial charge in [0.1, 0.15) is 11.5 Å². The monoisotopic (exact) mass is 398 g/mol. The largest absolute Gasteiger partial charge is 0.494 e. The molecule has 0 aliphatic carbocycles. The standard InChI is InChI=1S/C25H38N2O2/c1-4-5-6-7-8-17-28-24-13-9-11-22(18-24)26-15-16-27-23-12-10-14-25(19-23)29-20-21(2)3/h9-14,18-19,21,26-27H,4-8,15-17,20H2,1-3H3. The summed E-state index contributed by atoms with van der Waals surface area (Å²) in [6.45, 7) is 9.74. The maximum Gasteiger partial charge on any atom is 0.121 e. The molecule has 0 bridgehead atoms. The first-order valence-corrected chi connectivity index (χ1v) is 11.1. The Morgan fingerprint density at radius 1 is 0.759 bits per heavy atom. The third kappa shape index (κ3) is 10.1. The van der Waals surface area contributed by atoms with Crippen LogP contribution in [0.5, 0.6) is 11.5 Å². The molecule has 4 heteroatoms. The van der Waals surface area contributed by atoms with Gasteiger partial charge in [0.05, 0.1) is 13.2 Å². The van der Waals surface area contributed by atoms with Crippen LogP contribution in [0.25, 0.3) is 0 Å². The number of unbranched alkanes of at least 4 members (excludes halogenated alkanes) is 4. The van der Waals surface area contributed by atoms with Gasteiger partial charge in [0.2, 0.25) is 0 Å². The van der Waals surface area contributed by atoms with E-state index in [4.69, 9.17) is 9.47 Å². The molecule has 4 nitrogen and oxygen atoms in total. The van der Waals surface area contributed by atoms with E-state index in [0.29, 0.717) is 5.92 Å². The lowest BCUT2D eigenvalue weighted by molar-refractivity contribution is 0.271. The van der Waals surface area contributed by atoms with Gasteiger partial charge in [-0.25, -0.2) is 0 Å². The van der Waals surface area contributed by atoms with Gasteiger partial charge in [-0.1, -0.05) is 58.6 Å². The van der Waals surface area contributed by atoms with Crippen molar-refractivity contribution in [1.82, 2.24) is 0 Å². The van der Waals surface area contributed by atoms with Crippen LogP contribution in [0.15, 0.2) is 48.5 Å². The SMILES string of the molecule is CCCCCCCOc1cccc(NCCNc2cccc(OCC(C)C)c2)c1. The Bertz CT molecular complexity index is 688. The van der Waals surface area contributed by atoms with Gasteiger partial charge in [-0.15, -0.1) is 0 Å². The molecular formula is C25H38N2O2. The molecule has 0 radical (unpaired) electrons. The second-order valence-corrected chi connectivity index (χ2v) is 7.88. The Balaban J connectivity index is 1.66. The van der Waals surface area contributed by atoms with Crippen LogP contribution in [0.2, 0.25) is 0 Å². The van der Waals surface area contributed by atoms with Crippen molar-refractivity contribution >= 4 is 11.4 Å². The average Bonchev–Trinajstić information content (AvgIpc) is 2.73. The van der Waals surface area contributed by atoms with E-state index in [0.717, 1.165) is 55.6 Å². The second-order valence-electron chi connectivity index (χ2n) is 7.88. The normalized spacial score (nSPS) is 10.8. The fourth-order valence-corrected chi connectivity index (χ4v) is 2.96. The third-order valence-electron chi connectivity index (χ3n) is 4.55. The summed E-state index contributed by atoms with van der Waals surface area (Å²) < 4.78 is 11.7. The molecule has 0 spiro atoms. The first-order chi connectivity index (χ1) is 14.2. The molecule has 0 fully saturated rings. The molecule has 0 saturated carbocycles. The van der Waals surface area contributed by atoms with Crippen LogP contribution in [0.3, 0.4) is 0 Å². The number of nitrogens with one attached hydrogen (secondary N) is 2. The van der Waals surface area contributed by atoms with E-state index in [9.17, 15) is 0 Å². The quantitative estimate of drug-likeness (QED) is 0.332. The molecule has 0 amide bonds. The van der Waals surface area contributed by atoms with Gasteiger partial charge in [0, 0.05) is 36.6 Å². The Kier molecular flexibility index (Phi) is 10.9. The molecule has 160 valence electrons. The van der Waals surface area contributed by atoms with E-state index in [1.165, 1.54) is 25.7 Å². The lowest BCUT2D eigenvalue weighted by Gasteiger charge is -2.12. The summed E-state index contributed by atoms with van der Waals surface area (Å²) in [4.78, 5) is 0. The van der Waals surface area contributed by atoms with Crippen molar-refractivity contribution in [2.75, 3.05) is 36.9 Å². The summed E-state index contributed by atoms with van der Waals surface area (Å²) in [7, 11) is 0. The first kappa shape index (κ1) is 22.9. The Morgan fingerprint density at radius 2 is 1.34 bits per heavy atom. The van der Waals surface area contributed by atoms with Crippen molar-refractivity contribution in [1.29, 1.82) is 0 Å². The number of benzene rings is 2. The minimum absolute atomic E-state index is 0.525. The third-order valence-corrected chi connectivity index (χ3v) is 4.55. The van der Waals surface area contributed by atoms with Crippen LogP contribution in [-0.2, 0) is 0 Å². The smallest absolute Gasteiger partial charge is 0.121 e. The lowest BCUT2D eigenvalue weighted by Crippen LogP contribution is -2.13. The Labute approximate surface area is 177 Å². The van der Waals surface area contributed by atoms with E-state index in [-0.39, 0.29) is 0 Å². The van der Waals surface area contributed by atoms with Crippen LogP contribution in [0.4, 0.5) is 11.4 Å². The number of hydrogen-bond acceptors (Lipinski definition) is 4. The Morgan fingerprint density at radius 3 is 1.93 bits per heavy atom. The molecule has 0 aliphatic heterocycles. The number of ether oxygens (including phenoxy) is 2. The van der Waals surface area contributed by atoms with E-state index >= 15 is 0 Å². The first-order valence-electron chi connectivity index (χ1n) is 11.1. The van der Waals surface area contributed by atoms with Gasteiger partial charge in [-0.05, 0) is 36.6 Å². The minimum atomic E-state index is 0.525. The molecule has 2 aromatic carbocycles. The zero-order valence-electron chi connectivity index (χ0n) is 18.4. The van der Waals surface area contributed by atoms with Gasteiger partial charge in [-0.3, -0.25) is 0 Å². The van der Waals surface area contributed by atoms with Crippen molar-refractivity contribution in [3.05, 3.63) is 48.5 Å². The zero-order chi connectivity index (χ0) is 20.7. The van der Waals surface area contributed by atoms with Crippen LogP contribution in [-0.4, -0.2) is 26.3 Å². The highest BCUT2D eigenvalue weighted by atomic mass is 16.5. The van der Waals surface area contributed by atoms with E-state index in [1.807, 2.05) is 24.3 Å². The van der Waals surface area contributed by atoms with Crippen molar-refractivity contribution in [3.63, 3.8) is 0 Å². The molecule has 0 atom stereocenters. The summed E-state index contributed by atoms with van der Waals surface area (Å²) >= 11 is 0. The Hall–Kier alpha value is -2.36. The number of rotatable bonds is 15. The van der Waals surface area contributed by atoms with E-state index < -0.39 is 0 Å². The number of anilines is 2. The van der Waals surface area contributed by atoms with Crippen LogP contribution >= 0.6 is 0 Å². The number of hydrogen-bond donors (Lipinski definition) is 2. The van der Waals surface area contributed by atoms with Gasteiger partial charge in [0.25, 0.3) is 0 Å². The van der Waals surface area contributed by atoms with E-state index in [2.05, 4.69) is 55.7 Å². The van der Waals surface area contributed by atoms with Crippen LogP contribution in [0, 0.1) is 5.92 Å². The summed E-state index contributed by atoms with van der Waals surface area (Å²) in [6, 6.07) is 16.4. The second kappa shape index (κ2) is 13.8. The van der Waals surface area contributed by atoms with Crippen molar-refractivity contribution in [2.24, 2.45) is 5.92 Å². The van der Waals surface area contributed by atoms with Crippen LogP contribution < -0.4 is 20.1 Å². The summed E-state index contributed by atoms with van der Waals surface area (Å²) in [6.07, 6.45) is 6.29. The molecule has 0 unspecified atom stereocenters. The predicted octanol–water partition coefficient (Wildman–Crippen LogP) is 6.59. The molecule has 0 aliphatic rings. The molecule has 2 N–H and O–H groups in total. The highest BCUT2D eigenvalue weighted by Gasteiger charge is 2.00. The molecule has 2 rings (SSSR count). The molecule has 0 saturated heterocycles. The van der Waals surface area contributed by atoms with Crippen molar-refractivity contribution in [3.8, 4) is 11.5 Å². The van der Waals surface area contributed by atoms with Crippen molar-refractivity contribution < 1.29 is 9.47 Å². The lowest BCUT2D eigenvalue weighted by atomic mass is 10.2. The summed E-state index contributed by atoms with van der Waals surface area (Å²) in [5.41, 5.74) is 2.16. The molecule has 0 aromatic heterocycles. The molecule has 29 heavy (non-hydrogen) atoms. The highest BCUT2D eigenvalue weighted by molar-refractivity contribution is 5.50. The van der Waals surface area contributed by atoms with Crippen molar-refractivity contribution in [2.45, 2.75) is 52.9 Å². The molecular weight excluding hydrogens is 360 g/mol. The highest BCUT2D eigenvalue weighted by Crippen LogP contribution is 2.19. The predicted molar refractivity (Wildman–Crippen MR) is 124 cm³/mol. The summed E-state index contributed by atoms with van der Waals surface area (Å²) in [5, 5.41) is 6.90. The topological polar surface area (TPSA) is 42.5 Å². The molecule has 2 aromatic rings. The zero-order valence-corrected chi connectivity index (χ0v) is 18.4. The maximum absolute atomic E-state index is 5.89. The fraction of sp³-hybridized carbons (Fsp3) is 0.520. The maximum atomic E-state index is 5.89. The van der Waals surface area contributed by atoms with Gasteiger partial charge in [-0.2, -0.15) is 0 Å². The van der Waals surface area contributed by atoms with Gasteiger partial charge >= 0.3 is 0 Å². The van der Waals surface area contributed by atoms with Crippen LogP contribution in [0.1, 0.15) is 52.9 Å². The van der Waals surface area contributed by atoms with Gasteiger partial charge < -0.3 is 20.1 Å². The minimum Gasteiger partial charge on any atom is -0.494 e. The van der Waals surface area contributed by atoms with E-state index in [1.54, 1.807) is 0 Å².